The molecule has 0 saturated carbocycles. The fourth-order valence-corrected chi connectivity index (χ4v) is 2.08. The van der Waals surface area contributed by atoms with Crippen LogP contribution in [0, 0.1) is 0 Å². The Morgan fingerprint density at radius 3 is 2.78 bits per heavy atom. The maximum atomic E-state index is 8.82. The predicted molar refractivity (Wildman–Crippen MR) is 67.1 cm³/mol. The predicted octanol–water partition coefficient (Wildman–Crippen LogP) is 1.65. The molecule has 0 unspecified atom stereocenters. The normalized spacial score (nSPS) is 14.7. The highest BCUT2D eigenvalue weighted by molar-refractivity contribution is 5.79. The van der Waals surface area contributed by atoms with Gasteiger partial charge in [0.2, 0.25) is 0 Å². The van der Waals surface area contributed by atoms with Gasteiger partial charge in [-0.15, -0.1) is 0 Å². The van der Waals surface area contributed by atoms with Crippen molar-refractivity contribution in [1.29, 1.82) is 0 Å². The molecule has 5 nitrogen and oxygen atoms in total. The summed E-state index contributed by atoms with van der Waals surface area (Å²) in [6.45, 7) is 1.55. The molecule has 1 aromatic carbocycles. The van der Waals surface area contributed by atoms with Crippen molar-refractivity contribution in [2.45, 2.75) is 19.3 Å². The van der Waals surface area contributed by atoms with Crippen LogP contribution in [0.25, 0.3) is 11.0 Å². The molecule has 2 N–H and O–H groups in total. The van der Waals surface area contributed by atoms with Crippen LogP contribution in [0.2, 0.25) is 0 Å². The van der Waals surface area contributed by atoms with Gasteiger partial charge < -0.3 is 19.6 Å². The molecule has 1 aromatic heterocycles. The molecule has 0 amide bonds. The van der Waals surface area contributed by atoms with Crippen molar-refractivity contribution in [3.05, 3.63) is 18.0 Å². The first-order chi connectivity index (χ1) is 8.86. The van der Waals surface area contributed by atoms with Gasteiger partial charge in [0.1, 0.15) is 5.82 Å². The second-order valence-corrected chi connectivity index (χ2v) is 4.38. The molecule has 0 radical (unpaired) electrons. The highest BCUT2D eigenvalue weighted by atomic mass is 16.5. The number of hydrogen-bond acceptors (Lipinski definition) is 4. The quantitative estimate of drug-likeness (QED) is 0.866. The molecule has 2 aromatic rings. The lowest BCUT2D eigenvalue weighted by Gasteiger charge is -2.05. The van der Waals surface area contributed by atoms with Crippen LogP contribution in [0.15, 0.2) is 12.1 Å². The zero-order valence-corrected chi connectivity index (χ0v) is 10.1. The van der Waals surface area contributed by atoms with Gasteiger partial charge in [-0.25, -0.2) is 4.98 Å². The van der Waals surface area contributed by atoms with Crippen molar-refractivity contribution in [3.8, 4) is 11.5 Å². The number of aliphatic hydroxyl groups excluding tert-OH is 1. The summed E-state index contributed by atoms with van der Waals surface area (Å²) in [7, 11) is 0. The molecule has 1 aliphatic heterocycles. The van der Waals surface area contributed by atoms with Crippen molar-refractivity contribution in [1.82, 2.24) is 9.97 Å². The number of rotatable bonds is 3. The Hall–Kier alpha value is -1.75. The number of aromatic nitrogens is 2. The minimum atomic E-state index is 0.180. The monoisotopic (exact) mass is 248 g/mol. The number of nitrogens with one attached hydrogen (secondary N) is 1. The second-order valence-electron chi connectivity index (χ2n) is 4.38. The van der Waals surface area contributed by atoms with Crippen molar-refractivity contribution in [3.63, 3.8) is 0 Å². The molecule has 0 spiro atoms. The molecule has 1 aliphatic rings. The Labute approximate surface area is 105 Å². The lowest BCUT2D eigenvalue weighted by molar-refractivity contribution is 0.287. The Morgan fingerprint density at radius 2 is 2.00 bits per heavy atom. The van der Waals surface area contributed by atoms with E-state index >= 15 is 0 Å². The number of aliphatic hydroxyl groups is 1. The first kappa shape index (κ1) is 11.3. The van der Waals surface area contributed by atoms with E-state index in [2.05, 4.69) is 9.97 Å². The number of hydrogen-bond donors (Lipinski definition) is 2. The lowest BCUT2D eigenvalue weighted by Crippen LogP contribution is -1.97. The van der Waals surface area contributed by atoms with Crippen LogP contribution in [0.3, 0.4) is 0 Å². The number of fused-ring (bicyclic) bond motifs is 2. The maximum Gasteiger partial charge on any atom is 0.163 e. The smallest absolute Gasteiger partial charge is 0.163 e. The fraction of sp³-hybridized carbons (Fsp3) is 0.462. The molecule has 0 aliphatic carbocycles. The van der Waals surface area contributed by atoms with E-state index < -0.39 is 0 Å². The molecule has 0 fully saturated rings. The number of aromatic amines is 1. The minimum Gasteiger partial charge on any atom is -0.489 e. The number of ether oxygens (including phenoxy) is 2. The second kappa shape index (κ2) is 4.86. The average Bonchev–Trinajstić information content (AvgIpc) is 2.62. The SMILES string of the molecule is OCCCc1nc2cc3c(cc2[nH]1)OCCCO3. The molecule has 18 heavy (non-hydrogen) atoms. The number of aryl methyl sites for hydroxylation is 1. The number of nitrogens with zero attached hydrogens (tertiary/aromatic N) is 1. The molecule has 96 valence electrons. The third kappa shape index (κ3) is 2.13. The Kier molecular flexibility index (Phi) is 3.06. The van der Waals surface area contributed by atoms with E-state index in [-0.39, 0.29) is 6.61 Å². The van der Waals surface area contributed by atoms with Gasteiger partial charge in [0.05, 0.1) is 24.2 Å². The molecule has 3 rings (SSSR count). The highest BCUT2D eigenvalue weighted by Crippen LogP contribution is 2.33. The van der Waals surface area contributed by atoms with Crippen molar-refractivity contribution in [2.24, 2.45) is 0 Å². The van der Waals surface area contributed by atoms with E-state index in [1.165, 1.54) is 0 Å². The summed E-state index contributed by atoms with van der Waals surface area (Å²) in [4.78, 5) is 7.73. The summed E-state index contributed by atoms with van der Waals surface area (Å²) >= 11 is 0. The van der Waals surface area contributed by atoms with E-state index in [0.29, 0.717) is 19.6 Å². The van der Waals surface area contributed by atoms with E-state index in [1.807, 2.05) is 12.1 Å². The van der Waals surface area contributed by atoms with Gasteiger partial charge in [-0.2, -0.15) is 0 Å². The Balaban J connectivity index is 1.96. The van der Waals surface area contributed by atoms with Gasteiger partial charge in [-0.1, -0.05) is 0 Å². The van der Waals surface area contributed by atoms with Crippen LogP contribution in [0.5, 0.6) is 11.5 Å². The van der Waals surface area contributed by atoms with Crippen molar-refractivity contribution in [2.75, 3.05) is 19.8 Å². The third-order valence-electron chi connectivity index (χ3n) is 2.97. The van der Waals surface area contributed by atoms with Gasteiger partial charge in [-0.3, -0.25) is 0 Å². The van der Waals surface area contributed by atoms with Crippen LogP contribution in [-0.4, -0.2) is 34.9 Å². The number of H-pyrrole nitrogens is 1. The highest BCUT2D eigenvalue weighted by Gasteiger charge is 2.13. The molecule has 0 saturated heterocycles. The molecular formula is C13H16N2O3. The molecule has 0 atom stereocenters. The first-order valence-electron chi connectivity index (χ1n) is 6.26. The van der Waals surface area contributed by atoms with Crippen LogP contribution in [0.1, 0.15) is 18.7 Å². The largest absolute Gasteiger partial charge is 0.489 e. The van der Waals surface area contributed by atoms with Gasteiger partial charge in [0, 0.05) is 31.6 Å². The van der Waals surface area contributed by atoms with Crippen molar-refractivity contribution < 1.29 is 14.6 Å². The van der Waals surface area contributed by atoms with E-state index in [0.717, 1.165) is 41.2 Å². The summed E-state index contributed by atoms with van der Waals surface area (Å²) < 4.78 is 11.3. The van der Waals surface area contributed by atoms with Gasteiger partial charge in [-0.05, 0) is 6.42 Å². The molecular weight excluding hydrogens is 232 g/mol. The molecule has 0 bridgehead atoms. The summed E-state index contributed by atoms with van der Waals surface area (Å²) in [5.41, 5.74) is 1.83. The maximum absolute atomic E-state index is 8.82. The van der Waals surface area contributed by atoms with Gasteiger partial charge in [0.15, 0.2) is 11.5 Å². The van der Waals surface area contributed by atoms with Crippen molar-refractivity contribution >= 4 is 11.0 Å². The van der Waals surface area contributed by atoms with E-state index in [4.69, 9.17) is 14.6 Å². The summed E-state index contributed by atoms with van der Waals surface area (Å²) in [5.74, 6) is 2.43. The molecule has 5 heteroatoms. The third-order valence-corrected chi connectivity index (χ3v) is 2.97. The molecule has 2 heterocycles. The van der Waals surface area contributed by atoms with Gasteiger partial charge in [0.25, 0.3) is 0 Å². The Bertz CT molecular complexity index is 507. The van der Waals surface area contributed by atoms with E-state index in [9.17, 15) is 0 Å². The van der Waals surface area contributed by atoms with Gasteiger partial charge >= 0.3 is 0 Å². The van der Waals surface area contributed by atoms with E-state index in [1.54, 1.807) is 0 Å². The number of benzene rings is 1. The first-order valence-corrected chi connectivity index (χ1v) is 6.26. The van der Waals surface area contributed by atoms with Crippen LogP contribution in [-0.2, 0) is 6.42 Å². The van der Waals surface area contributed by atoms with Crippen LogP contribution < -0.4 is 9.47 Å². The number of imidazole rings is 1. The lowest BCUT2D eigenvalue weighted by atomic mass is 10.3. The fourth-order valence-electron chi connectivity index (χ4n) is 2.08. The summed E-state index contributed by atoms with van der Waals surface area (Å²) in [6.07, 6.45) is 2.36. The van der Waals surface area contributed by atoms with Crippen LogP contribution in [0.4, 0.5) is 0 Å². The average molecular weight is 248 g/mol. The zero-order chi connectivity index (χ0) is 12.4. The minimum absolute atomic E-state index is 0.180. The van der Waals surface area contributed by atoms with Crippen LogP contribution >= 0.6 is 0 Å². The summed E-state index contributed by atoms with van der Waals surface area (Å²) in [6, 6.07) is 3.85. The summed E-state index contributed by atoms with van der Waals surface area (Å²) in [5, 5.41) is 8.82. The topological polar surface area (TPSA) is 67.4 Å². The Morgan fingerprint density at radius 1 is 1.22 bits per heavy atom. The zero-order valence-electron chi connectivity index (χ0n) is 10.1. The standard InChI is InChI=1S/C13H16N2O3/c16-4-1-3-13-14-9-7-11-12(8-10(9)15-13)18-6-2-5-17-11/h7-8,16H,1-6H2,(H,14,15).